The maximum Gasteiger partial charge on any atom is 0.249 e. The fourth-order valence-electron chi connectivity index (χ4n) is 5.08. The largest absolute Gasteiger partial charge is 0.337 e. The molecule has 2 heterocycles. The summed E-state index contributed by atoms with van der Waals surface area (Å²) in [5.74, 6) is 0.845. The van der Waals surface area contributed by atoms with Crippen molar-refractivity contribution >= 4 is 23.4 Å². The molecular formula is C31H39ClN4O3. The molecule has 1 saturated heterocycles. The Morgan fingerprint density at radius 2 is 1.74 bits per heavy atom. The van der Waals surface area contributed by atoms with Crippen molar-refractivity contribution in [3.05, 3.63) is 71.1 Å². The minimum Gasteiger partial charge on any atom is -0.337 e. The molecule has 7 nitrogen and oxygen atoms in total. The molecule has 0 N–H and O–H groups in total. The number of benzene rings is 2. The smallest absolute Gasteiger partial charge is 0.249 e. The second-order valence-electron chi connectivity index (χ2n) is 10.3. The maximum absolute atomic E-state index is 13.7. The molecule has 4 rings (SSSR count). The molecule has 0 spiro atoms. The van der Waals surface area contributed by atoms with Crippen molar-refractivity contribution in [1.29, 1.82) is 0 Å². The number of rotatable bonds is 13. The van der Waals surface area contributed by atoms with Gasteiger partial charge in [0.05, 0.1) is 0 Å². The van der Waals surface area contributed by atoms with Gasteiger partial charge in [0.2, 0.25) is 23.5 Å². The van der Waals surface area contributed by atoms with E-state index in [1.54, 1.807) is 17.0 Å². The number of hydrogen-bond donors (Lipinski definition) is 0. The van der Waals surface area contributed by atoms with E-state index < -0.39 is 0 Å². The van der Waals surface area contributed by atoms with Gasteiger partial charge in [0, 0.05) is 30.1 Å². The molecule has 1 fully saturated rings. The average Bonchev–Trinajstić information content (AvgIpc) is 3.45. The third-order valence-electron chi connectivity index (χ3n) is 7.29. The van der Waals surface area contributed by atoms with Crippen LogP contribution in [0.3, 0.4) is 0 Å². The van der Waals surface area contributed by atoms with Crippen LogP contribution in [-0.2, 0) is 16.1 Å². The van der Waals surface area contributed by atoms with Gasteiger partial charge in [-0.15, -0.1) is 0 Å². The maximum atomic E-state index is 13.7. The highest BCUT2D eigenvalue weighted by Crippen LogP contribution is 2.31. The van der Waals surface area contributed by atoms with Crippen LogP contribution in [0.2, 0.25) is 5.02 Å². The van der Waals surface area contributed by atoms with Crippen molar-refractivity contribution in [3.63, 3.8) is 0 Å². The van der Waals surface area contributed by atoms with Gasteiger partial charge in [-0.05, 0) is 55.5 Å². The summed E-state index contributed by atoms with van der Waals surface area (Å²) in [5, 5.41) is 4.80. The van der Waals surface area contributed by atoms with E-state index in [-0.39, 0.29) is 24.4 Å². The summed E-state index contributed by atoms with van der Waals surface area (Å²) in [7, 11) is 0. The van der Waals surface area contributed by atoms with Crippen molar-refractivity contribution < 1.29 is 14.1 Å². The first-order valence-electron chi connectivity index (χ1n) is 14.3. The predicted octanol–water partition coefficient (Wildman–Crippen LogP) is 7.22. The highest BCUT2D eigenvalue weighted by molar-refractivity contribution is 6.30. The van der Waals surface area contributed by atoms with Gasteiger partial charge in [-0.3, -0.25) is 9.59 Å². The second kappa shape index (κ2) is 14.8. The van der Waals surface area contributed by atoms with Gasteiger partial charge in [-0.1, -0.05) is 86.1 Å². The summed E-state index contributed by atoms with van der Waals surface area (Å²) in [5.41, 5.74) is 1.82. The Hall–Kier alpha value is -3.19. The van der Waals surface area contributed by atoms with Crippen LogP contribution in [0.15, 0.2) is 59.1 Å². The highest BCUT2D eigenvalue weighted by Gasteiger charge is 2.33. The first-order valence-corrected chi connectivity index (χ1v) is 14.6. The van der Waals surface area contributed by atoms with Crippen molar-refractivity contribution in [3.8, 4) is 11.4 Å². The molecule has 0 saturated carbocycles. The molecule has 208 valence electrons. The molecule has 8 heteroatoms. The number of halogens is 1. The van der Waals surface area contributed by atoms with E-state index in [9.17, 15) is 9.59 Å². The molecule has 0 bridgehead atoms. The quantitative estimate of drug-likeness (QED) is 0.210. The number of piperidine rings is 1. The molecule has 1 aliphatic rings. The van der Waals surface area contributed by atoms with Crippen molar-refractivity contribution in [1.82, 2.24) is 19.9 Å². The third-order valence-corrected chi connectivity index (χ3v) is 7.54. The highest BCUT2D eigenvalue weighted by atomic mass is 35.5. The van der Waals surface area contributed by atoms with E-state index in [4.69, 9.17) is 16.1 Å². The summed E-state index contributed by atoms with van der Waals surface area (Å²) in [4.78, 5) is 35.1. The topological polar surface area (TPSA) is 79.5 Å². The van der Waals surface area contributed by atoms with Crippen molar-refractivity contribution in [2.75, 3.05) is 13.1 Å². The van der Waals surface area contributed by atoms with E-state index in [1.807, 2.05) is 47.4 Å². The molecule has 0 radical (unpaired) electrons. The lowest BCUT2D eigenvalue weighted by Crippen LogP contribution is -2.45. The number of nitrogens with zero attached hydrogens (tertiary/aromatic N) is 4. The van der Waals surface area contributed by atoms with Gasteiger partial charge < -0.3 is 14.3 Å². The lowest BCUT2D eigenvalue weighted by Gasteiger charge is -2.35. The first kappa shape index (κ1) is 28.8. The van der Waals surface area contributed by atoms with Crippen molar-refractivity contribution in [2.45, 2.75) is 83.7 Å². The molecule has 1 aromatic heterocycles. The zero-order valence-electron chi connectivity index (χ0n) is 22.9. The number of hydrogen-bond acceptors (Lipinski definition) is 5. The standard InChI is InChI=1S/C31H39ClN4O3/c1-2-3-4-5-6-10-16-28(37)35(22-24-13-8-7-9-14-24)23-29(38)36-21-12-11-15-27(36)31-33-30(34-39-31)25-17-19-26(32)20-18-25/h7-9,13-14,17-20,27H,2-6,10-12,15-16,21-23H2,1H3/t27-/m0/s1. The fourth-order valence-corrected chi connectivity index (χ4v) is 5.20. The monoisotopic (exact) mass is 550 g/mol. The van der Waals surface area contributed by atoms with Gasteiger partial charge in [0.1, 0.15) is 12.6 Å². The molecule has 1 atom stereocenters. The minimum absolute atomic E-state index is 0.0269. The fraction of sp³-hybridized carbons (Fsp3) is 0.484. The number of likely N-dealkylation sites (tertiary alicyclic amines) is 1. The Balaban J connectivity index is 1.44. The van der Waals surface area contributed by atoms with Crippen LogP contribution in [0.4, 0.5) is 0 Å². The van der Waals surface area contributed by atoms with E-state index >= 15 is 0 Å². The first-order chi connectivity index (χ1) is 19.0. The summed E-state index contributed by atoms with van der Waals surface area (Å²) in [6, 6.07) is 16.8. The Kier molecular flexibility index (Phi) is 11.0. The summed E-state index contributed by atoms with van der Waals surface area (Å²) < 4.78 is 5.64. The molecule has 0 unspecified atom stereocenters. The van der Waals surface area contributed by atoms with Gasteiger partial charge in [-0.2, -0.15) is 4.98 Å². The Labute approximate surface area is 236 Å². The Morgan fingerprint density at radius 3 is 2.51 bits per heavy atom. The molecule has 39 heavy (non-hydrogen) atoms. The van der Waals surface area contributed by atoms with Crippen LogP contribution in [0.25, 0.3) is 11.4 Å². The lowest BCUT2D eigenvalue weighted by atomic mass is 10.0. The van der Waals surface area contributed by atoms with Crippen LogP contribution < -0.4 is 0 Å². The van der Waals surface area contributed by atoms with Crippen LogP contribution in [0.5, 0.6) is 0 Å². The van der Waals surface area contributed by atoms with E-state index in [0.717, 1.165) is 49.7 Å². The van der Waals surface area contributed by atoms with Crippen molar-refractivity contribution in [2.24, 2.45) is 0 Å². The molecule has 2 aromatic carbocycles. The predicted molar refractivity (Wildman–Crippen MR) is 153 cm³/mol. The number of amides is 2. The SMILES string of the molecule is CCCCCCCCC(=O)N(CC(=O)N1CCCC[C@H]1c1nc(-c2ccc(Cl)cc2)no1)Cc1ccccc1. The Bertz CT molecular complexity index is 1180. The molecule has 3 aromatic rings. The summed E-state index contributed by atoms with van der Waals surface area (Å²) >= 11 is 6.01. The van der Waals surface area contributed by atoms with Gasteiger partial charge in [-0.25, -0.2) is 0 Å². The second-order valence-corrected chi connectivity index (χ2v) is 10.8. The van der Waals surface area contributed by atoms with Crippen LogP contribution in [-0.4, -0.2) is 44.8 Å². The number of carbonyl (C=O) groups excluding carboxylic acids is 2. The zero-order chi connectivity index (χ0) is 27.5. The summed E-state index contributed by atoms with van der Waals surface area (Å²) in [6.45, 7) is 3.26. The minimum atomic E-state index is -0.299. The third kappa shape index (κ3) is 8.40. The summed E-state index contributed by atoms with van der Waals surface area (Å²) in [6.07, 6.45) is 9.78. The van der Waals surface area contributed by atoms with Gasteiger partial charge in [0.25, 0.3) is 0 Å². The molecule has 2 amide bonds. The van der Waals surface area contributed by atoms with E-state index in [1.165, 1.54) is 19.3 Å². The molecule has 1 aliphatic heterocycles. The van der Waals surface area contributed by atoms with Crippen LogP contribution in [0, 0.1) is 0 Å². The normalized spacial score (nSPS) is 15.3. The number of carbonyl (C=O) groups is 2. The molecule has 0 aliphatic carbocycles. The average molecular weight is 551 g/mol. The van der Waals surface area contributed by atoms with E-state index in [0.29, 0.717) is 36.2 Å². The number of unbranched alkanes of at least 4 members (excludes halogenated alkanes) is 5. The Morgan fingerprint density at radius 1 is 1.00 bits per heavy atom. The van der Waals surface area contributed by atoms with Crippen LogP contribution in [0.1, 0.15) is 88.6 Å². The van der Waals surface area contributed by atoms with Gasteiger partial charge >= 0.3 is 0 Å². The molecular weight excluding hydrogens is 512 g/mol. The van der Waals surface area contributed by atoms with Crippen LogP contribution >= 0.6 is 11.6 Å². The van der Waals surface area contributed by atoms with Gasteiger partial charge in [0.15, 0.2) is 0 Å². The van der Waals surface area contributed by atoms with E-state index in [2.05, 4.69) is 17.1 Å². The lowest BCUT2D eigenvalue weighted by molar-refractivity contribution is -0.143. The number of aromatic nitrogens is 2. The zero-order valence-corrected chi connectivity index (χ0v) is 23.6.